The molecule has 0 aliphatic heterocycles. The second kappa shape index (κ2) is 3.97. The first-order valence-corrected chi connectivity index (χ1v) is 5.90. The molecule has 0 spiro atoms. The Labute approximate surface area is 92.7 Å². The summed E-state index contributed by atoms with van der Waals surface area (Å²) in [5, 5.41) is 0. The second-order valence-corrected chi connectivity index (χ2v) is 5.49. The lowest BCUT2D eigenvalue weighted by molar-refractivity contribution is 0.183. The fourth-order valence-electron chi connectivity index (χ4n) is 2.74. The maximum atomic E-state index is 6.08. The Morgan fingerprint density at radius 1 is 1.20 bits per heavy atom. The lowest BCUT2D eigenvalue weighted by Gasteiger charge is -2.41. The Balaban J connectivity index is 2.26. The average Bonchev–Trinajstić information content (AvgIpc) is 2.23. The predicted molar refractivity (Wildman–Crippen MR) is 64.8 cm³/mol. The van der Waals surface area contributed by atoms with Gasteiger partial charge in [-0.15, -0.1) is 0 Å². The third kappa shape index (κ3) is 2.23. The van der Waals surface area contributed by atoms with Crippen LogP contribution in [0.25, 0.3) is 0 Å². The Kier molecular flexibility index (Phi) is 2.83. The summed E-state index contributed by atoms with van der Waals surface area (Å²) >= 11 is 0. The minimum absolute atomic E-state index is 0.392. The molecule has 0 bridgehead atoms. The van der Waals surface area contributed by atoms with Crippen LogP contribution in [0.2, 0.25) is 0 Å². The van der Waals surface area contributed by atoms with Crippen LogP contribution in [-0.2, 0) is 0 Å². The first kappa shape index (κ1) is 10.7. The van der Waals surface area contributed by atoms with Crippen LogP contribution in [0.4, 0.5) is 0 Å². The maximum absolute atomic E-state index is 6.08. The van der Waals surface area contributed by atoms with E-state index in [0.29, 0.717) is 17.4 Å². The standard InChI is InChI=1S/C14H21N/c1-14(2)9-8-12(15)10-13(14)11-6-4-3-5-7-11/h3-7,12-13H,8-10,15H2,1-2H3. The Hall–Kier alpha value is -0.820. The van der Waals surface area contributed by atoms with E-state index in [-0.39, 0.29) is 0 Å². The molecule has 1 aromatic carbocycles. The molecule has 1 aliphatic rings. The van der Waals surface area contributed by atoms with Crippen LogP contribution in [0, 0.1) is 5.41 Å². The van der Waals surface area contributed by atoms with Gasteiger partial charge in [0, 0.05) is 6.04 Å². The van der Waals surface area contributed by atoms with Crippen molar-refractivity contribution in [2.75, 3.05) is 0 Å². The fourth-order valence-corrected chi connectivity index (χ4v) is 2.74. The molecule has 1 aliphatic carbocycles. The summed E-state index contributed by atoms with van der Waals surface area (Å²) in [7, 11) is 0. The fraction of sp³-hybridized carbons (Fsp3) is 0.571. The number of benzene rings is 1. The van der Waals surface area contributed by atoms with Crippen LogP contribution in [-0.4, -0.2) is 6.04 Å². The van der Waals surface area contributed by atoms with E-state index in [0.717, 1.165) is 6.42 Å². The highest BCUT2D eigenvalue weighted by atomic mass is 14.7. The zero-order valence-corrected chi connectivity index (χ0v) is 9.74. The molecule has 1 aromatic rings. The van der Waals surface area contributed by atoms with E-state index in [1.165, 1.54) is 18.4 Å². The molecule has 1 heteroatoms. The molecule has 0 aromatic heterocycles. The molecule has 0 radical (unpaired) electrons. The number of hydrogen-bond acceptors (Lipinski definition) is 1. The zero-order chi connectivity index (χ0) is 10.9. The van der Waals surface area contributed by atoms with Crippen LogP contribution in [0.1, 0.15) is 44.6 Å². The largest absolute Gasteiger partial charge is 0.328 e. The number of hydrogen-bond donors (Lipinski definition) is 1. The van der Waals surface area contributed by atoms with Gasteiger partial charge in [0.15, 0.2) is 0 Å². The third-order valence-electron chi connectivity index (χ3n) is 3.84. The number of rotatable bonds is 1. The van der Waals surface area contributed by atoms with Gasteiger partial charge in [-0.05, 0) is 36.2 Å². The lowest BCUT2D eigenvalue weighted by atomic mass is 9.65. The van der Waals surface area contributed by atoms with Crippen molar-refractivity contribution in [1.82, 2.24) is 0 Å². The SMILES string of the molecule is CC1(C)CCC(N)CC1c1ccccc1. The Bertz CT molecular complexity index is 315. The highest BCUT2D eigenvalue weighted by Gasteiger charge is 2.35. The molecule has 0 amide bonds. The lowest BCUT2D eigenvalue weighted by Crippen LogP contribution is -2.36. The molecule has 1 nitrogen and oxygen atoms in total. The normalized spacial score (nSPS) is 30.1. The molecule has 15 heavy (non-hydrogen) atoms. The van der Waals surface area contributed by atoms with Crippen molar-refractivity contribution in [3.63, 3.8) is 0 Å². The molecule has 1 fully saturated rings. The minimum Gasteiger partial charge on any atom is -0.328 e. The molecule has 1 saturated carbocycles. The summed E-state index contributed by atoms with van der Waals surface area (Å²) < 4.78 is 0. The number of nitrogens with two attached hydrogens (primary N) is 1. The van der Waals surface area contributed by atoms with E-state index in [2.05, 4.69) is 44.2 Å². The Morgan fingerprint density at radius 2 is 1.87 bits per heavy atom. The van der Waals surface area contributed by atoms with Gasteiger partial charge in [-0.25, -0.2) is 0 Å². The van der Waals surface area contributed by atoms with Crippen molar-refractivity contribution in [3.8, 4) is 0 Å². The molecule has 2 unspecified atom stereocenters. The van der Waals surface area contributed by atoms with Crippen LogP contribution in [0.5, 0.6) is 0 Å². The molecule has 2 N–H and O–H groups in total. The van der Waals surface area contributed by atoms with Crippen LogP contribution >= 0.6 is 0 Å². The van der Waals surface area contributed by atoms with Crippen molar-refractivity contribution < 1.29 is 0 Å². The summed E-state index contributed by atoms with van der Waals surface area (Å²) in [6.45, 7) is 4.74. The topological polar surface area (TPSA) is 26.0 Å². The average molecular weight is 203 g/mol. The van der Waals surface area contributed by atoms with E-state index < -0.39 is 0 Å². The van der Waals surface area contributed by atoms with E-state index in [1.54, 1.807) is 0 Å². The summed E-state index contributed by atoms with van der Waals surface area (Å²) in [5.41, 5.74) is 7.94. The molecule has 0 heterocycles. The van der Waals surface area contributed by atoms with Crippen LogP contribution in [0.3, 0.4) is 0 Å². The van der Waals surface area contributed by atoms with Crippen molar-refractivity contribution in [3.05, 3.63) is 35.9 Å². The van der Waals surface area contributed by atoms with Gasteiger partial charge in [0.05, 0.1) is 0 Å². The quantitative estimate of drug-likeness (QED) is 0.744. The van der Waals surface area contributed by atoms with Crippen molar-refractivity contribution >= 4 is 0 Å². The molecular weight excluding hydrogens is 182 g/mol. The van der Waals surface area contributed by atoms with E-state index in [1.807, 2.05) is 0 Å². The van der Waals surface area contributed by atoms with Gasteiger partial charge in [-0.2, -0.15) is 0 Å². The molecular formula is C14H21N. The predicted octanol–water partition coefficient (Wildman–Crippen LogP) is 3.31. The van der Waals surface area contributed by atoms with E-state index in [4.69, 9.17) is 5.73 Å². The van der Waals surface area contributed by atoms with Crippen molar-refractivity contribution in [2.24, 2.45) is 11.1 Å². The maximum Gasteiger partial charge on any atom is 0.00450 e. The van der Waals surface area contributed by atoms with Crippen LogP contribution in [0.15, 0.2) is 30.3 Å². The van der Waals surface area contributed by atoms with Gasteiger partial charge in [0.1, 0.15) is 0 Å². The van der Waals surface area contributed by atoms with Gasteiger partial charge in [0.25, 0.3) is 0 Å². The zero-order valence-electron chi connectivity index (χ0n) is 9.74. The minimum atomic E-state index is 0.392. The first-order valence-electron chi connectivity index (χ1n) is 5.90. The highest BCUT2D eigenvalue weighted by molar-refractivity contribution is 5.22. The van der Waals surface area contributed by atoms with Gasteiger partial charge < -0.3 is 5.73 Å². The molecule has 0 saturated heterocycles. The second-order valence-electron chi connectivity index (χ2n) is 5.49. The molecule has 82 valence electrons. The smallest absolute Gasteiger partial charge is 0.00450 e. The van der Waals surface area contributed by atoms with Gasteiger partial charge in [0.2, 0.25) is 0 Å². The summed E-state index contributed by atoms with van der Waals surface area (Å²) in [4.78, 5) is 0. The highest BCUT2D eigenvalue weighted by Crippen LogP contribution is 2.46. The Morgan fingerprint density at radius 3 is 2.53 bits per heavy atom. The van der Waals surface area contributed by atoms with E-state index in [9.17, 15) is 0 Å². The molecule has 2 atom stereocenters. The van der Waals surface area contributed by atoms with Gasteiger partial charge >= 0.3 is 0 Å². The van der Waals surface area contributed by atoms with Crippen molar-refractivity contribution in [1.29, 1.82) is 0 Å². The molecule has 2 rings (SSSR count). The first-order chi connectivity index (χ1) is 7.09. The van der Waals surface area contributed by atoms with E-state index >= 15 is 0 Å². The monoisotopic (exact) mass is 203 g/mol. The van der Waals surface area contributed by atoms with Crippen molar-refractivity contribution in [2.45, 2.75) is 45.1 Å². The third-order valence-corrected chi connectivity index (χ3v) is 3.84. The van der Waals surface area contributed by atoms with Crippen LogP contribution < -0.4 is 5.73 Å². The summed E-state index contributed by atoms with van der Waals surface area (Å²) in [5.74, 6) is 0.627. The summed E-state index contributed by atoms with van der Waals surface area (Å²) in [6, 6.07) is 11.2. The van der Waals surface area contributed by atoms with Gasteiger partial charge in [-0.1, -0.05) is 44.2 Å². The van der Waals surface area contributed by atoms with Gasteiger partial charge in [-0.3, -0.25) is 0 Å². The summed E-state index contributed by atoms with van der Waals surface area (Å²) in [6.07, 6.45) is 3.56.